The lowest BCUT2D eigenvalue weighted by molar-refractivity contribution is -0.385. The first-order valence-corrected chi connectivity index (χ1v) is 35.4. The van der Waals surface area contributed by atoms with Crippen molar-refractivity contribution in [1.82, 2.24) is 74.0 Å². The second-order valence-corrected chi connectivity index (χ2v) is 26.7. The maximum absolute atomic E-state index is 13.9. The molecule has 2 aromatic rings. The second-order valence-electron chi connectivity index (χ2n) is 25.2. The van der Waals surface area contributed by atoms with E-state index >= 15 is 0 Å². The van der Waals surface area contributed by atoms with E-state index in [1.165, 1.54) is 45.0 Å². The van der Waals surface area contributed by atoms with Gasteiger partial charge in [-0.1, -0.05) is 37.7 Å². The molecule has 0 aromatic heterocycles. The standard InChI is InChI=1S/C64H93N19O26S2/c1-28(2)49(80-52(95)30(4)72-56(99)38(76-53(96)36(65)27-110)18-32-10-12-33(88)13-11-32)61(104)81-50(31(5)87)60(103)70-22-45(89)74-37(8-6-16-68-64(66)67)54(97)69-21-46(90)75-39(20-47(91)92)57(100)79-42(26-86)62(105)82-17-7-9-44(82)59(102)73-29(3)51(94)77-41(25-85)58(101)78-40(24-84)55(98)71-23-48(93)111-34-14-15-43(83(108)109)35(19-34)63(106)107/h10-15,19,28-31,36-42,44,49-50,84-88,110H,6-9,16-18,20-27,65H2,1-5H3,(H,69,97)(H,70,103)(H,71,98)(H,72,99)(H,73,102)(H,74,89)(H,75,90)(H,76,96)(H,77,94)(H,78,101)(H,79,100)(H,80,95)(H,81,104)(H,91,92)(H,106,107)(H4,66,67,68)/t29-,30-,31+,36-,37-,38-,39-,40-,41-,42-,44-,49-,50-/m0/s1. The monoisotopic (exact) mass is 1610 g/mol. The Bertz CT molecular complexity index is 3760. The molecule has 45 nitrogen and oxygen atoms in total. The number of hydrogen-bond donors (Lipinski definition) is 24. The molecule has 612 valence electrons. The van der Waals surface area contributed by atoms with E-state index in [2.05, 4.69) is 86.7 Å². The molecular formula is C64H93N19O26S2. The van der Waals surface area contributed by atoms with E-state index in [9.17, 15) is 127 Å². The summed E-state index contributed by atoms with van der Waals surface area (Å²) in [5, 5.41) is 109. The molecule has 0 unspecified atom stereocenters. The number of hydrogen-bond acceptors (Lipinski definition) is 28. The van der Waals surface area contributed by atoms with E-state index in [4.69, 9.17) is 17.2 Å². The first kappa shape index (κ1) is 93.8. The molecule has 0 radical (unpaired) electrons. The number of thiol groups is 1. The van der Waals surface area contributed by atoms with Crippen LogP contribution in [0.25, 0.3) is 0 Å². The lowest BCUT2D eigenvalue weighted by atomic mass is 10.0. The van der Waals surface area contributed by atoms with Crippen molar-refractivity contribution in [2.24, 2.45) is 28.1 Å². The number of guanidine groups is 1. The Balaban J connectivity index is 1.62. The van der Waals surface area contributed by atoms with Gasteiger partial charge in [0.25, 0.3) is 5.69 Å². The number of aliphatic imine (C=N–C) groups is 1. The number of likely N-dealkylation sites (tertiary alicyclic amines) is 1. The molecule has 14 amide bonds. The summed E-state index contributed by atoms with van der Waals surface area (Å²) >= 11 is 4.41. The third-order valence-corrected chi connectivity index (χ3v) is 17.4. The van der Waals surface area contributed by atoms with Crippen LogP contribution in [0.2, 0.25) is 0 Å². The molecule has 0 saturated carbocycles. The number of benzene rings is 2. The van der Waals surface area contributed by atoms with Crippen LogP contribution in [0.3, 0.4) is 0 Å². The van der Waals surface area contributed by atoms with Crippen molar-refractivity contribution in [3.63, 3.8) is 0 Å². The lowest BCUT2D eigenvalue weighted by Gasteiger charge is -2.29. The number of aromatic hydroxyl groups is 1. The van der Waals surface area contributed by atoms with E-state index < -0.39 is 246 Å². The number of aliphatic hydroxyl groups excluding tert-OH is 4. The molecular weight excluding hydrogens is 1510 g/mol. The number of nitrogens with two attached hydrogens (primary N) is 3. The summed E-state index contributed by atoms with van der Waals surface area (Å²) < 4.78 is 0. The van der Waals surface area contributed by atoms with Crippen LogP contribution in [-0.4, -0.2) is 288 Å². The largest absolute Gasteiger partial charge is 0.508 e. The van der Waals surface area contributed by atoms with Gasteiger partial charge in [0.05, 0.1) is 62.9 Å². The molecule has 111 heavy (non-hydrogen) atoms. The summed E-state index contributed by atoms with van der Waals surface area (Å²) in [5.74, 6) is -19.5. The molecule has 26 N–H and O–H groups in total. The Morgan fingerprint density at radius 2 is 1.13 bits per heavy atom. The van der Waals surface area contributed by atoms with Gasteiger partial charge < -0.3 is 127 Å². The number of phenolic OH excluding ortho intramolecular Hbond substituents is 1. The zero-order valence-electron chi connectivity index (χ0n) is 60.5. The molecule has 1 aliphatic rings. The molecule has 1 aliphatic heterocycles. The minimum absolute atomic E-state index is 0.00882. The van der Waals surface area contributed by atoms with Crippen molar-refractivity contribution >= 4 is 136 Å². The number of phenols is 1. The molecule has 1 heterocycles. The SMILES string of the molecule is CC(C)[C@H](NC(=O)[C@H](C)NC(=O)[C@H](Cc1ccc(O)cc1)NC(=O)[C@@H](N)CS)C(=O)N[C@H](C(=O)NCC(=O)N[C@@H](CCCN=C(N)N)C(=O)NCC(=O)N[C@@H](CC(=O)O)C(=O)N[C@@H](CO)C(=O)N1CCC[C@H]1C(=O)N[C@@H](C)C(=O)N[C@@H](CO)C(=O)N[C@@H](CO)C(=O)NCC(=O)Sc1ccc([N+](=O)[O-])c(C(=O)O)c1)[C@@H](C)O. The number of carbonyl (C=O) groups excluding carboxylic acids is 15. The number of carbonyl (C=O) groups is 17. The van der Waals surface area contributed by atoms with Gasteiger partial charge in [-0.3, -0.25) is 91.8 Å². The Morgan fingerprint density at radius 1 is 0.613 bits per heavy atom. The molecule has 3 rings (SSSR count). The smallest absolute Gasteiger partial charge is 0.342 e. The fourth-order valence-corrected chi connectivity index (χ4v) is 11.0. The number of aliphatic hydroxyl groups is 4. The molecule has 2 aromatic carbocycles. The van der Waals surface area contributed by atoms with Gasteiger partial charge >= 0.3 is 11.9 Å². The molecule has 0 spiro atoms. The number of carboxylic acid groups (broad SMARTS) is 2. The normalized spacial score (nSPS) is 15.6. The minimum atomic E-state index is -2.03. The van der Waals surface area contributed by atoms with E-state index in [1.807, 2.05) is 0 Å². The topological polar surface area (TPSA) is 725 Å². The van der Waals surface area contributed by atoms with Crippen molar-refractivity contribution in [2.45, 2.75) is 157 Å². The van der Waals surface area contributed by atoms with E-state index in [-0.39, 0.29) is 67.6 Å². The van der Waals surface area contributed by atoms with Gasteiger partial charge in [0.2, 0.25) is 87.8 Å². The third kappa shape index (κ3) is 31.2. The number of amides is 14. The summed E-state index contributed by atoms with van der Waals surface area (Å²) in [6, 6.07) is -10.5. The number of rotatable bonds is 45. The van der Waals surface area contributed by atoms with Crippen molar-refractivity contribution < 1.29 is 122 Å². The van der Waals surface area contributed by atoms with E-state index in [1.54, 1.807) is 0 Å². The number of aromatic carboxylic acids is 1. The molecule has 0 bridgehead atoms. The molecule has 1 fully saturated rings. The van der Waals surface area contributed by atoms with Gasteiger partial charge in [-0.15, -0.1) is 0 Å². The van der Waals surface area contributed by atoms with Crippen LogP contribution in [0, 0.1) is 16.0 Å². The molecule has 1 saturated heterocycles. The number of nitrogens with one attached hydrogen (secondary N) is 13. The summed E-state index contributed by atoms with van der Waals surface area (Å²) in [7, 11) is 0. The average molecular weight is 1610 g/mol. The molecule has 0 aliphatic carbocycles. The van der Waals surface area contributed by atoms with Gasteiger partial charge in [0.1, 0.15) is 77.8 Å². The Hall–Kier alpha value is -11.4. The Labute approximate surface area is 642 Å². The maximum Gasteiger partial charge on any atom is 0.342 e. The van der Waals surface area contributed by atoms with Crippen molar-refractivity contribution in [3.05, 3.63) is 63.7 Å². The highest BCUT2D eigenvalue weighted by atomic mass is 32.2. The summed E-state index contributed by atoms with van der Waals surface area (Å²) in [6.07, 6.45) is -3.10. The van der Waals surface area contributed by atoms with Gasteiger partial charge in [-0.2, -0.15) is 12.6 Å². The average Bonchev–Trinajstić information content (AvgIpc) is 1.76. The molecule has 47 heteroatoms. The predicted molar refractivity (Wildman–Crippen MR) is 389 cm³/mol. The number of thioether (sulfide) groups is 1. The highest BCUT2D eigenvalue weighted by Crippen LogP contribution is 2.27. The fraction of sp³-hybridized carbons (Fsp3) is 0.531. The number of aliphatic carboxylic acids is 1. The zero-order chi connectivity index (χ0) is 83.7. The van der Waals surface area contributed by atoms with Crippen molar-refractivity contribution in [3.8, 4) is 5.75 Å². The van der Waals surface area contributed by atoms with Gasteiger partial charge in [-0.05, 0) is 82.2 Å². The summed E-state index contributed by atoms with van der Waals surface area (Å²) in [6.45, 7) is 0.197. The van der Waals surface area contributed by atoms with Crippen LogP contribution < -0.4 is 86.3 Å². The second kappa shape index (κ2) is 46.2. The van der Waals surface area contributed by atoms with Gasteiger partial charge in [0, 0.05) is 36.2 Å². The van der Waals surface area contributed by atoms with Crippen LogP contribution in [-0.2, 0) is 83.1 Å². The third-order valence-electron chi connectivity index (χ3n) is 16.1. The van der Waals surface area contributed by atoms with Crippen molar-refractivity contribution in [1.29, 1.82) is 0 Å². The number of nitro benzene ring substituents is 1. The zero-order valence-corrected chi connectivity index (χ0v) is 62.3. The van der Waals surface area contributed by atoms with Crippen molar-refractivity contribution in [2.75, 3.05) is 58.3 Å². The maximum atomic E-state index is 13.9. The molecule has 13 atom stereocenters. The highest BCUT2D eigenvalue weighted by Gasteiger charge is 2.41. The van der Waals surface area contributed by atoms with Crippen LogP contribution in [0.15, 0.2) is 52.4 Å². The van der Waals surface area contributed by atoms with E-state index in [0.717, 1.165) is 36.9 Å². The quantitative estimate of drug-likeness (QED) is 0.00557. The first-order valence-electron chi connectivity index (χ1n) is 34.0. The lowest BCUT2D eigenvalue weighted by Crippen LogP contribution is -2.61. The number of nitrogens with zero attached hydrogens (tertiary/aromatic N) is 3. The number of nitro groups is 1. The minimum Gasteiger partial charge on any atom is -0.508 e. The van der Waals surface area contributed by atoms with Gasteiger partial charge in [0.15, 0.2) is 5.96 Å². The van der Waals surface area contributed by atoms with Crippen LogP contribution >= 0.6 is 24.4 Å². The Kier molecular flexibility index (Phi) is 39.0. The first-order chi connectivity index (χ1) is 52.2. The highest BCUT2D eigenvalue weighted by molar-refractivity contribution is 8.13. The van der Waals surface area contributed by atoms with E-state index in [0.29, 0.717) is 17.3 Å². The van der Waals surface area contributed by atoms with Crippen LogP contribution in [0.4, 0.5) is 5.69 Å². The fourth-order valence-electron chi connectivity index (χ4n) is 10.1. The summed E-state index contributed by atoms with van der Waals surface area (Å²) in [5.41, 5.74) is 15.7. The predicted octanol–water partition coefficient (Wildman–Crippen LogP) is -10.1. The Morgan fingerprint density at radius 3 is 1.68 bits per heavy atom. The summed E-state index contributed by atoms with van der Waals surface area (Å²) in [4.78, 5) is 239. The van der Waals surface area contributed by atoms with Crippen LogP contribution in [0.5, 0.6) is 5.75 Å². The number of carboxylic acids is 2. The van der Waals surface area contributed by atoms with Crippen LogP contribution in [0.1, 0.15) is 82.6 Å². The van der Waals surface area contributed by atoms with Gasteiger partial charge in [-0.25, -0.2) is 4.79 Å².